The molecule has 8 heteroatoms. The van der Waals surface area contributed by atoms with Crippen molar-refractivity contribution in [2.45, 2.75) is 24.3 Å². The fourth-order valence-electron chi connectivity index (χ4n) is 1.82. The molecule has 4 N–H and O–H groups in total. The molecule has 1 aromatic rings. The zero-order valence-corrected chi connectivity index (χ0v) is 13.3. The van der Waals surface area contributed by atoms with Crippen LogP contribution in [0, 0.1) is 0 Å². The summed E-state index contributed by atoms with van der Waals surface area (Å²) in [6.45, 7) is 2.71. The summed E-state index contributed by atoms with van der Waals surface area (Å²) in [6.07, 6.45) is 0.794. The standard InChI is InChI=1S/C13H22N4O3S/c1-4-10(9-17(2)3)15-13(18)16-11-6-5-7-12(8-11)21(14,19)20/h5-8,10H,4,9H2,1-3H3,(H2,14,19,20)(H2,15,16,18)/t10-/m1/s1. The molecule has 0 saturated carbocycles. The van der Waals surface area contributed by atoms with E-state index in [2.05, 4.69) is 10.6 Å². The molecule has 0 unspecified atom stereocenters. The van der Waals surface area contributed by atoms with Gasteiger partial charge in [-0.25, -0.2) is 18.4 Å². The van der Waals surface area contributed by atoms with Gasteiger partial charge in [0.15, 0.2) is 0 Å². The van der Waals surface area contributed by atoms with Crippen LogP contribution in [0.2, 0.25) is 0 Å². The third-order valence-electron chi connectivity index (χ3n) is 2.83. The third-order valence-corrected chi connectivity index (χ3v) is 3.74. The number of sulfonamides is 1. The highest BCUT2D eigenvalue weighted by Crippen LogP contribution is 2.13. The Bertz CT molecular complexity index is 587. The first-order valence-corrected chi connectivity index (χ1v) is 8.12. The molecular formula is C13H22N4O3S. The predicted octanol–water partition coefficient (Wildman–Crippen LogP) is 0.796. The lowest BCUT2D eigenvalue weighted by Gasteiger charge is -2.21. The van der Waals surface area contributed by atoms with Gasteiger partial charge in [-0.05, 0) is 38.7 Å². The molecule has 0 aromatic heterocycles. The lowest BCUT2D eigenvalue weighted by Crippen LogP contribution is -2.43. The van der Waals surface area contributed by atoms with Gasteiger partial charge in [0.25, 0.3) is 0 Å². The minimum atomic E-state index is -3.78. The minimum Gasteiger partial charge on any atom is -0.334 e. The van der Waals surface area contributed by atoms with Gasteiger partial charge < -0.3 is 15.5 Å². The van der Waals surface area contributed by atoms with Crippen LogP contribution in [0.3, 0.4) is 0 Å². The number of hydrogen-bond acceptors (Lipinski definition) is 4. The van der Waals surface area contributed by atoms with Crippen LogP contribution in [-0.4, -0.2) is 46.0 Å². The number of benzene rings is 1. The van der Waals surface area contributed by atoms with Crippen molar-refractivity contribution in [1.82, 2.24) is 10.2 Å². The molecule has 1 rings (SSSR count). The molecule has 118 valence electrons. The van der Waals surface area contributed by atoms with Crippen molar-refractivity contribution in [3.63, 3.8) is 0 Å². The molecular weight excluding hydrogens is 292 g/mol. The Kier molecular flexibility index (Phi) is 6.13. The van der Waals surface area contributed by atoms with Gasteiger partial charge in [-0.15, -0.1) is 0 Å². The zero-order chi connectivity index (χ0) is 16.0. The highest BCUT2D eigenvalue weighted by molar-refractivity contribution is 7.89. The lowest BCUT2D eigenvalue weighted by molar-refractivity contribution is 0.243. The number of anilines is 1. The maximum Gasteiger partial charge on any atom is 0.319 e. The van der Waals surface area contributed by atoms with Gasteiger partial charge in [0.05, 0.1) is 4.90 Å². The lowest BCUT2D eigenvalue weighted by atomic mass is 10.2. The average molecular weight is 314 g/mol. The van der Waals surface area contributed by atoms with E-state index in [-0.39, 0.29) is 17.0 Å². The molecule has 7 nitrogen and oxygen atoms in total. The summed E-state index contributed by atoms with van der Waals surface area (Å²) in [6, 6.07) is 5.45. The van der Waals surface area contributed by atoms with Gasteiger partial charge in [-0.3, -0.25) is 0 Å². The fourth-order valence-corrected chi connectivity index (χ4v) is 2.38. The molecule has 0 aliphatic carbocycles. The molecule has 0 spiro atoms. The minimum absolute atomic E-state index is 0.0152. The molecule has 0 fully saturated rings. The highest BCUT2D eigenvalue weighted by atomic mass is 32.2. The smallest absolute Gasteiger partial charge is 0.319 e. The van der Waals surface area contributed by atoms with Gasteiger partial charge in [0.2, 0.25) is 10.0 Å². The number of hydrogen-bond donors (Lipinski definition) is 3. The second-order valence-electron chi connectivity index (χ2n) is 5.04. The zero-order valence-electron chi connectivity index (χ0n) is 12.5. The summed E-state index contributed by atoms with van der Waals surface area (Å²) in [7, 11) is 0.0737. The van der Waals surface area contributed by atoms with Crippen molar-refractivity contribution in [2.75, 3.05) is 26.0 Å². The number of nitrogens with two attached hydrogens (primary N) is 1. The second kappa shape index (κ2) is 7.39. The number of carbonyl (C=O) groups excluding carboxylic acids is 1. The van der Waals surface area contributed by atoms with Crippen LogP contribution in [0.25, 0.3) is 0 Å². The van der Waals surface area contributed by atoms with Gasteiger partial charge in [0, 0.05) is 18.3 Å². The van der Waals surface area contributed by atoms with Crippen LogP contribution in [0.5, 0.6) is 0 Å². The number of carbonyl (C=O) groups is 1. The topological polar surface area (TPSA) is 105 Å². The SMILES string of the molecule is CC[C@H](CN(C)C)NC(=O)Nc1cccc(S(N)(=O)=O)c1. The van der Waals surface area contributed by atoms with Crippen molar-refractivity contribution in [1.29, 1.82) is 0 Å². The van der Waals surface area contributed by atoms with E-state index >= 15 is 0 Å². The van der Waals surface area contributed by atoms with E-state index in [1.807, 2.05) is 25.9 Å². The quantitative estimate of drug-likeness (QED) is 0.722. The molecule has 0 saturated heterocycles. The Morgan fingerprint density at radius 1 is 1.38 bits per heavy atom. The average Bonchev–Trinajstić information content (AvgIpc) is 2.36. The Labute approximate surface area is 125 Å². The molecule has 21 heavy (non-hydrogen) atoms. The molecule has 0 bridgehead atoms. The predicted molar refractivity (Wildman–Crippen MR) is 82.6 cm³/mol. The van der Waals surface area contributed by atoms with E-state index in [0.717, 1.165) is 13.0 Å². The number of urea groups is 1. The van der Waals surface area contributed by atoms with E-state index < -0.39 is 10.0 Å². The second-order valence-corrected chi connectivity index (χ2v) is 6.60. The molecule has 1 atom stereocenters. The van der Waals surface area contributed by atoms with Crippen LogP contribution in [-0.2, 0) is 10.0 Å². The summed E-state index contributed by atoms with van der Waals surface area (Å²) >= 11 is 0. The summed E-state index contributed by atoms with van der Waals surface area (Å²) in [5, 5.41) is 10.5. The van der Waals surface area contributed by atoms with Gasteiger partial charge in [-0.1, -0.05) is 13.0 Å². The Hall–Kier alpha value is -1.64. The Morgan fingerprint density at radius 3 is 2.57 bits per heavy atom. The number of amides is 2. The maximum absolute atomic E-state index is 11.9. The van der Waals surface area contributed by atoms with Crippen LogP contribution in [0.1, 0.15) is 13.3 Å². The summed E-state index contributed by atoms with van der Waals surface area (Å²) in [5.41, 5.74) is 0.374. The van der Waals surface area contributed by atoms with E-state index in [0.29, 0.717) is 5.69 Å². The van der Waals surface area contributed by atoms with Crippen LogP contribution in [0.15, 0.2) is 29.2 Å². The van der Waals surface area contributed by atoms with E-state index in [4.69, 9.17) is 5.14 Å². The molecule has 0 heterocycles. The molecule has 2 amide bonds. The van der Waals surface area contributed by atoms with Crippen molar-refractivity contribution in [3.8, 4) is 0 Å². The van der Waals surface area contributed by atoms with E-state index in [9.17, 15) is 13.2 Å². The first kappa shape index (κ1) is 17.4. The summed E-state index contributed by atoms with van der Waals surface area (Å²) in [5.74, 6) is 0. The number of primary sulfonamides is 1. The van der Waals surface area contributed by atoms with E-state index in [1.165, 1.54) is 18.2 Å². The first-order chi connectivity index (χ1) is 9.72. The van der Waals surface area contributed by atoms with Crippen molar-refractivity contribution in [3.05, 3.63) is 24.3 Å². The van der Waals surface area contributed by atoms with Gasteiger partial charge >= 0.3 is 6.03 Å². The molecule has 0 radical (unpaired) electrons. The Balaban J connectivity index is 2.71. The fraction of sp³-hybridized carbons (Fsp3) is 0.462. The largest absolute Gasteiger partial charge is 0.334 e. The van der Waals surface area contributed by atoms with Crippen molar-refractivity contribution < 1.29 is 13.2 Å². The number of likely N-dealkylation sites (N-methyl/N-ethyl adjacent to an activating group) is 1. The van der Waals surface area contributed by atoms with E-state index in [1.54, 1.807) is 6.07 Å². The monoisotopic (exact) mass is 314 g/mol. The van der Waals surface area contributed by atoms with Gasteiger partial charge in [0.1, 0.15) is 0 Å². The molecule has 1 aromatic carbocycles. The van der Waals surface area contributed by atoms with Crippen molar-refractivity contribution >= 4 is 21.7 Å². The number of rotatable bonds is 6. The number of nitrogens with one attached hydrogen (secondary N) is 2. The molecule has 0 aliphatic rings. The Morgan fingerprint density at radius 2 is 2.05 bits per heavy atom. The summed E-state index contributed by atoms with van der Waals surface area (Å²) in [4.78, 5) is 13.8. The van der Waals surface area contributed by atoms with Gasteiger partial charge in [-0.2, -0.15) is 0 Å². The molecule has 0 aliphatic heterocycles. The third kappa shape index (κ3) is 6.11. The van der Waals surface area contributed by atoms with Crippen LogP contribution in [0.4, 0.5) is 10.5 Å². The van der Waals surface area contributed by atoms with Crippen molar-refractivity contribution in [2.24, 2.45) is 5.14 Å². The maximum atomic E-state index is 11.9. The first-order valence-electron chi connectivity index (χ1n) is 6.57. The van der Waals surface area contributed by atoms with Crippen LogP contribution >= 0.6 is 0 Å². The summed E-state index contributed by atoms with van der Waals surface area (Å²) < 4.78 is 22.5. The highest BCUT2D eigenvalue weighted by Gasteiger charge is 2.13. The van der Waals surface area contributed by atoms with Crippen LogP contribution < -0.4 is 15.8 Å². The number of nitrogens with zero attached hydrogens (tertiary/aromatic N) is 1. The normalized spacial score (nSPS) is 13.0.